The molecule has 2 aliphatic carbocycles. The number of urea groups is 1. The van der Waals surface area contributed by atoms with Crippen LogP contribution in [0.4, 0.5) is 4.79 Å². The number of aliphatic hydroxyl groups is 1. The summed E-state index contributed by atoms with van der Waals surface area (Å²) in [5.74, 6) is 0.462. The molecule has 92 valence electrons. The van der Waals surface area contributed by atoms with Gasteiger partial charge in [-0.2, -0.15) is 0 Å². The Balaban J connectivity index is 1.60. The van der Waals surface area contributed by atoms with Gasteiger partial charge in [-0.15, -0.1) is 0 Å². The summed E-state index contributed by atoms with van der Waals surface area (Å²) < 4.78 is 0. The lowest BCUT2D eigenvalue weighted by Crippen LogP contribution is -2.42. The van der Waals surface area contributed by atoms with Gasteiger partial charge in [-0.05, 0) is 38.0 Å². The second-order valence-electron chi connectivity index (χ2n) is 5.17. The molecule has 2 unspecified atom stereocenters. The van der Waals surface area contributed by atoms with Crippen molar-refractivity contribution in [3.05, 3.63) is 0 Å². The zero-order valence-electron chi connectivity index (χ0n) is 9.74. The molecule has 0 saturated heterocycles. The van der Waals surface area contributed by atoms with Crippen molar-refractivity contribution in [1.82, 2.24) is 10.6 Å². The molecule has 0 aromatic carbocycles. The summed E-state index contributed by atoms with van der Waals surface area (Å²) in [6.07, 6.45) is 7.32. The van der Waals surface area contributed by atoms with Gasteiger partial charge >= 0.3 is 6.03 Å². The highest BCUT2D eigenvalue weighted by atomic mass is 16.3. The SMILES string of the molecule is O=C(NCC1CCC(O)C1)NC1CCCC1. The summed E-state index contributed by atoms with van der Waals surface area (Å²) >= 11 is 0. The van der Waals surface area contributed by atoms with Gasteiger partial charge in [0.15, 0.2) is 0 Å². The third kappa shape index (κ3) is 3.37. The molecule has 0 spiro atoms. The standard InChI is InChI=1S/C12H22N2O2/c15-11-6-5-9(7-11)8-13-12(16)14-10-3-1-2-4-10/h9-11,15H,1-8H2,(H2,13,14,16). The summed E-state index contributed by atoms with van der Waals surface area (Å²) in [7, 11) is 0. The average Bonchev–Trinajstić information content (AvgIpc) is 2.87. The van der Waals surface area contributed by atoms with Crippen molar-refractivity contribution in [2.45, 2.75) is 57.1 Å². The van der Waals surface area contributed by atoms with Crippen molar-refractivity contribution in [2.75, 3.05) is 6.54 Å². The van der Waals surface area contributed by atoms with Crippen molar-refractivity contribution in [3.63, 3.8) is 0 Å². The van der Waals surface area contributed by atoms with Gasteiger partial charge < -0.3 is 15.7 Å². The largest absolute Gasteiger partial charge is 0.393 e. The summed E-state index contributed by atoms with van der Waals surface area (Å²) in [4.78, 5) is 11.6. The van der Waals surface area contributed by atoms with E-state index in [2.05, 4.69) is 10.6 Å². The number of carbonyl (C=O) groups excluding carboxylic acids is 1. The third-order valence-corrected chi connectivity index (χ3v) is 3.76. The first-order valence-corrected chi connectivity index (χ1v) is 6.46. The molecule has 4 nitrogen and oxygen atoms in total. The van der Waals surface area contributed by atoms with E-state index in [4.69, 9.17) is 0 Å². The van der Waals surface area contributed by atoms with Crippen LogP contribution in [0.5, 0.6) is 0 Å². The molecule has 0 bridgehead atoms. The smallest absolute Gasteiger partial charge is 0.315 e. The first-order chi connectivity index (χ1) is 7.74. The molecule has 0 radical (unpaired) electrons. The first-order valence-electron chi connectivity index (χ1n) is 6.46. The Bertz CT molecular complexity index is 239. The van der Waals surface area contributed by atoms with E-state index in [1.807, 2.05) is 0 Å². The lowest BCUT2D eigenvalue weighted by atomic mass is 10.1. The highest BCUT2D eigenvalue weighted by molar-refractivity contribution is 5.74. The van der Waals surface area contributed by atoms with E-state index in [0.717, 1.165) is 32.1 Å². The van der Waals surface area contributed by atoms with Gasteiger partial charge in [-0.1, -0.05) is 12.8 Å². The Hall–Kier alpha value is -0.770. The molecule has 4 heteroatoms. The van der Waals surface area contributed by atoms with Gasteiger partial charge in [0.1, 0.15) is 0 Å². The van der Waals surface area contributed by atoms with Crippen LogP contribution < -0.4 is 10.6 Å². The highest BCUT2D eigenvalue weighted by Gasteiger charge is 2.23. The van der Waals surface area contributed by atoms with E-state index in [-0.39, 0.29) is 12.1 Å². The fourth-order valence-electron chi connectivity index (χ4n) is 2.78. The van der Waals surface area contributed by atoms with Gasteiger partial charge in [0, 0.05) is 12.6 Å². The van der Waals surface area contributed by atoms with Crippen molar-refractivity contribution in [2.24, 2.45) is 5.92 Å². The number of hydrogen-bond donors (Lipinski definition) is 3. The van der Waals surface area contributed by atoms with Crippen molar-refractivity contribution in [1.29, 1.82) is 0 Å². The molecule has 3 N–H and O–H groups in total. The summed E-state index contributed by atoms with van der Waals surface area (Å²) in [5, 5.41) is 15.3. The van der Waals surface area contributed by atoms with Crippen LogP contribution in [0.25, 0.3) is 0 Å². The van der Waals surface area contributed by atoms with Gasteiger partial charge in [-0.25, -0.2) is 4.79 Å². The molecule has 2 atom stereocenters. The van der Waals surface area contributed by atoms with E-state index in [0.29, 0.717) is 18.5 Å². The van der Waals surface area contributed by atoms with Crippen LogP contribution >= 0.6 is 0 Å². The van der Waals surface area contributed by atoms with Crippen LogP contribution in [0.15, 0.2) is 0 Å². The minimum Gasteiger partial charge on any atom is -0.393 e. The summed E-state index contributed by atoms with van der Waals surface area (Å²) in [5.41, 5.74) is 0. The van der Waals surface area contributed by atoms with E-state index >= 15 is 0 Å². The maximum atomic E-state index is 11.6. The fraction of sp³-hybridized carbons (Fsp3) is 0.917. The number of amides is 2. The Morgan fingerprint density at radius 2 is 1.94 bits per heavy atom. The predicted molar refractivity (Wildman–Crippen MR) is 62.1 cm³/mol. The molecular formula is C12H22N2O2. The molecule has 2 fully saturated rings. The predicted octanol–water partition coefficient (Wildman–Crippen LogP) is 1.39. The zero-order chi connectivity index (χ0) is 11.4. The van der Waals surface area contributed by atoms with E-state index in [1.165, 1.54) is 12.8 Å². The number of nitrogens with one attached hydrogen (secondary N) is 2. The molecule has 0 aromatic heterocycles. The lowest BCUT2D eigenvalue weighted by molar-refractivity contribution is 0.177. The Labute approximate surface area is 96.8 Å². The number of rotatable bonds is 3. The van der Waals surface area contributed by atoms with Crippen molar-refractivity contribution < 1.29 is 9.90 Å². The first kappa shape index (κ1) is 11.7. The van der Waals surface area contributed by atoms with Gasteiger partial charge in [0.25, 0.3) is 0 Å². The van der Waals surface area contributed by atoms with Crippen LogP contribution in [-0.2, 0) is 0 Å². The fourth-order valence-corrected chi connectivity index (χ4v) is 2.78. The molecule has 0 aliphatic heterocycles. The summed E-state index contributed by atoms with van der Waals surface area (Å²) in [6, 6.07) is 0.349. The molecule has 0 aromatic rings. The second kappa shape index (κ2) is 5.53. The number of aliphatic hydroxyl groups excluding tert-OH is 1. The minimum atomic E-state index is -0.148. The van der Waals surface area contributed by atoms with Gasteiger partial charge in [-0.3, -0.25) is 0 Å². The summed E-state index contributed by atoms with van der Waals surface area (Å²) in [6.45, 7) is 0.704. The molecule has 16 heavy (non-hydrogen) atoms. The van der Waals surface area contributed by atoms with Crippen LogP contribution in [0.3, 0.4) is 0 Å². The molecule has 2 rings (SSSR count). The van der Waals surface area contributed by atoms with Crippen LogP contribution in [0.1, 0.15) is 44.9 Å². The average molecular weight is 226 g/mol. The molecule has 0 heterocycles. The Morgan fingerprint density at radius 3 is 2.56 bits per heavy atom. The Morgan fingerprint density at radius 1 is 1.19 bits per heavy atom. The highest BCUT2D eigenvalue weighted by Crippen LogP contribution is 2.24. The Kier molecular flexibility index (Phi) is 4.04. The minimum absolute atomic E-state index is 0.0340. The van der Waals surface area contributed by atoms with Crippen LogP contribution in [-0.4, -0.2) is 29.8 Å². The van der Waals surface area contributed by atoms with Gasteiger partial charge in [0.05, 0.1) is 6.10 Å². The quantitative estimate of drug-likeness (QED) is 0.681. The zero-order valence-corrected chi connectivity index (χ0v) is 9.74. The molecule has 2 amide bonds. The van der Waals surface area contributed by atoms with E-state index < -0.39 is 0 Å². The van der Waals surface area contributed by atoms with Gasteiger partial charge in [0.2, 0.25) is 0 Å². The van der Waals surface area contributed by atoms with Crippen LogP contribution in [0, 0.1) is 5.92 Å². The molecule has 2 aliphatic rings. The third-order valence-electron chi connectivity index (χ3n) is 3.76. The van der Waals surface area contributed by atoms with Crippen LogP contribution in [0.2, 0.25) is 0 Å². The number of hydrogen-bond acceptors (Lipinski definition) is 2. The number of carbonyl (C=O) groups is 1. The monoisotopic (exact) mass is 226 g/mol. The van der Waals surface area contributed by atoms with E-state index in [9.17, 15) is 9.90 Å². The van der Waals surface area contributed by atoms with Crippen molar-refractivity contribution in [3.8, 4) is 0 Å². The normalized spacial score (nSPS) is 30.6. The maximum absolute atomic E-state index is 11.6. The lowest BCUT2D eigenvalue weighted by Gasteiger charge is -2.15. The second-order valence-corrected chi connectivity index (χ2v) is 5.17. The molecular weight excluding hydrogens is 204 g/mol. The molecule has 2 saturated carbocycles. The van der Waals surface area contributed by atoms with Crippen molar-refractivity contribution >= 4 is 6.03 Å². The van der Waals surface area contributed by atoms with E-state index in [1.54, 1.807) is 0 Å². The topological polar surface area (TPSA) is 61.4 Å². The maximum Gasteiger partial charge on any atom is 0.315 e.